The van der Waals surface area contributed by atoms with Gasteiger partial charge in [0.25, 0.3) is 0 Å². The molecule has 0 aliphatic carbocycles. The fourth-order valence-electron chi connectivity index (χ4n) is 1.26. The van der Waals surface area contributed by atoms with Gasteiger partial charge in [-0.3, -0.25) is 4.79 Å². The minimum atomic E-state index is -0.800. The first-order valence-corrected chi connectivity index (χ1v) is 6.58. The van der Waals surface area contributed by atoms with Crippen molar-refractivity contribution in [2.75, 3.05) is 7.11 Å². The fraction of sp³-hybridized carbons (Fsp3) is 0.385. The van der Waals surface area contributed by atoms with Crippen LogP contribution in [0.25, 0.3) is 0 Å². The quantitative estimate of drug-likeness (QED) is 0.349. The van der Waals surface area contributed by atoms with E-state index < -0.39 is 11.8 Å². The summed E-state index contributed by atoms with van der Waals surface area (Å²) in [6.45, 7) is 5.24. The van der Waals surface area contributed by atoms with Gasteiger partial charge in [0.15, 0.2) is 12.0 Å². The number of carbonyl (C=O) groups excluding carboxylic acids is 2. The van der Waals surface area contributed by atoms with E-state index in [1.165, 1.54) is 13.2 Å². The Morgan fingerprint density at radius 1 is 1.26 bits per heavy atom. The summed E-state index contributed by atoms with van der Waals surface area (Å²) in [5.74, 6) is 0.631. The maximum absolute atomic E-state index is 11.6. The third-order valence-electron chi connectivity index (χ3n) is 1.99. The van der Waals surface area contributed by atoms with Crippen LogP contribution in [-0.4, -0.2) is 25.2 Å². The Morgan fingerprint density at radius 3 is 2.37 bits per heavy atom. The van der Waals surface area contributed by atoms with E-state index in [1.807, 2.05) is 22.6 Å². The molecule has 104 valence electrons. The first kappa shape index (κ1) is 15.7. The largest absolute Gasteiger partial charge is 0.514 e. The molecule has 0 aliphatic heterocycles. The highest BCUT2D eigenvalue weighted by Crippen LogP contribution is 2.30. The summed E-state index contributed by atoms with van der Waals surface area (Å²) in [7, 11) is 1.44. The van der Waals surface area contributed by atoms with Crippen molar-refractivity contribution in [2.45, 2.75) is 26.4 Å². The number of aldehydes is 1. The lowest BCUT2D eigenvalue weighted by Crippen LogP contribution is -2.26. The van der Waals surface area contributed by atoms with E-state index in [4.69, 9.17) is 14.2 Å². The van der Waals surface area contributed by atoms with Gasteiger partial charge in [-0.05, 0) is 49.4 Å². The van der Waals surface area contributed by atoms with Gasteiger partial charge in [0.05, 0.1) is 16.2 Å². The molecular weight excluding hydrogens is 363 g/mol. The number of hydrogen-bond acceptors (Lipinski definition) is 5. The molecule has 0 unspecified atom stereocenters. The summed E-state index contributed by atoms with van der Waals surface area (Å²) >= 11 is 1.97. The van der Waals surface area contributed by atoms with E-state index in [9.17, 15) is 9.59 Å². The molecule has 6 heteroatoms. The molecule has 0 fully saturated rings. The second-order valence-corrected chi connectivity index (χ2v) is 5.87. The van der Waals surface area contributed by atoms with Gasteiger partial charge in [-0.25, -0.2) is 4.79 Å². The lowest BCUT2D eigenvalue weighted by atomic mass is 10.2. The Bertz CT molecular complexity index is 491. The van der Waals surface area contributed by atoms with E-state index in [2.05, 4.69) is 0 Å². The minimum Gasteiger partial charge on any atom is -0.496 e. The normalized spacial score (nSPS) is 10.8. The summed E-state index contributed by atoms with van der Waals surface area (Å²) < 4.78 is 15.8. The van der Waals surface area contributed by atoms with Gasteiger partial charge >= 0.3 is 6.16 Å². The second kappa shape index (κ2) is 6.23. The van der Waals surface area contributed by atoms with Gasteiger partial charge in [0.1, 0.15) is 11.4 Å². The van der Waals surface area contributed by atoms with Crippen LogP contribution in [0.5, 0.6) is 11.5 Å². The van der Waals surface area contributed by atoms with Crippen LogP contribution in [0, 0.1) is 3.57 Å². The van der Waals surface area contributed by atoms with Crippen LogP contribution in [0.2, 0.25) is 0 Å². The van der Waals surface area contributed by atoms with Gasteiger partial charge in [0.2, 0.25) is 0 Å². The highest BCUT2D eigenvalue weighted by Gasteiger charge is 2.20. The van der Waals surface area contributed by atoms with Crippen LogP contribution in [0.3, 0.4) is 0 Å². The molecule has 0 saturated heterocycles. The molecule has 0 bridgehead atoms. The van der Waals surface area contributed by atoms with Crippen molar-refractivity contribution in [2.24, 2.45) is 0 Å². The maximum Gasteiger partial charge on any atom is 0.514 e. The Balaban J connectivity index is 2.96. The number of hydrogen-bond donors (Lipinski definition) is 0. The molecule has 5 nitrogen and oxygen atoms in total. The summed E-state index contributed by atoms with van der Waals surface area (Å²) in [5, 5.41) is 0. The van der Waals surface area contributed by atoms with Crippen molar-refractivity contribution in [3.05, 3.63) is 21.3 Å². The maximum atomic E-state index is 11.6. The predicted octanol–water partition coefficient (Wildman–Crippen LogP) is 3.43. The van der Waals surface area contributed by atoms with Gasteiger partial charge in [-0.2, -0.15) is 0 Å². The van der Waals surface area contributed by atoms with Crippen LogP contribution < -0.4 is 9.47 Å². The molecule has 0 atom stereocenters. The van der Waals surface area contributed by atoms with Crippen LogP contribution in [-0.2, 0) is 4.74 Å². The molecule has 0 radical (unpaired) electrons. The van der Waals surface area contributed by atoms with Gasteiger partial charge in [0, 0.05) is 6.07 Å². The highest BCUT2D eigenvalue weighted by atomic mass is 127. The zero-order chi connectivity index (χ0) is 14.6. The van der Waals surface area contributed by atoms with Crippen LogP contribution >= 0.6 is 22.6 Å². The van der Waals surface area contributed by atoms with Crippen LogP contribution in [0.1, 0.15) is 31.1 Å². The number of carbonyl (C=O) groups is 2. The fourth-order valence-corrected chi connectivity index (χ4v) is 1.86. The molecule has 0 aromatic heterocycles. The first-order chi connectivity index (χ1) is 8.76. The molecule has 1 aromatic rings. The van der Waals surface area contributed by atoms with E-state index in [1.54, 1.807) is 26.8 Å². The van der Waals surface area contributed by atoms with Crippen molar-refractivity contribution in [3.8, 4) is 11.5 Å². The smallest absolute Gasteiger partial charge is 0.496 e. The second-order valence-electron chi connectivity index (χ2n) is 4.71. The zero-order valence-electron chi connectivity index (χ0n) is 11.2. The van der Waals surface area contributed by atoms with Crippen molar-refractivity contribution in [1.29, 1.82) is 0 Å². The molecule has 0 spiro atoms. The van der Waals surface area contributed by atoms with Crippen molar-refractivity contribution < 1.29 is 23.8 Å². The van der Waals surface area contributed by atoms with Crippen LogP contribution in [0.4, 0.5) is 4.79 Å². The summed E-state index contributed by atoms with van der Waals surface area (Å²) in [4.78, 5) is 22.4. The van der Waals surface area contributed by atoms with Gasteiger partial charge < -0.3 is 14.2 Å². The first-order valence-electron chi connectivity index (χ1n) is 5.50. The molecule has 1 aromatic carbocycles. The molecule has 0 amide bonds. The number of ether oxygens (including phenoxy) is 3. The van der Waals surface area contributed by atoms with E-state index >= 15 is 0 Å². The topological polar surface area (TPSA) is 61.8 Å². The van der Waals surface area contributed by atoms with E-state index in [0.717, 1.165) is 0 Å². The SMILES string of the molecule is COc1cc(OC(=O)OC(C)(C)C)c(I)cc1C=O. The van der Waals surface area contributed by atoms with Crippen molar-refractivity contribution in [3.63, 3.8) is 0 Å². The highest BCUT2D eigenvalue weighted by molar-refractivity contribution is 14.1. The monoisotopic (exact) mass is 378 g/mol. The summed E-state index contributed by atoms with van der Waals surface area (Å²) in [5.41, 5.74) is -0.238. The Labute approximate surface area is 125 Å². The predicted molar refractivity (Wildman–Crippen MR) is 78.0 cm³/mol. The number of benzene rings is 1. The molecular formula is C13H15IO5. The molecule has 0 N–H and O–H groups in total. The molecule has 1 rings (SSSR count). The van der Waals surface area contributed by atoms with Crippen LogP contribution in [0.15, 0.2) is 12.1 Å². The third kappa shape index (κ3) is 4.70. The number of halogens is 1. The Kier molecular flexibility index (Phi) is 5.16. The lowest BCUT2D eigenvalue weighted by Gasteiger charge is -2.19. The van der Waals surface area contributed by atoms with Gasteiger partial charge in [-0.15, -0.1) is 0 Å². The average molecular weight is 378 g/mol. The Morgan fingerprint density at radius 2 is 1.89 bits per heavy atom. The number of rotatable bonds is 3. The molecule has 0 aliphatic rings. The third-order valence-corrected chi connectivity index (χ3v) is 2.84. The standard InChI is InChI=1S/C13H15IO5/c1-13(2,3)19-12(16)18-11-6-10(17-4)8(7-15)5-9(11)14/h5-7H,1-4H3. The zero-order valence-corrected chi connectivity index (χ0v) is 13.3. The van der Waals surface area contributed by atoms with Crippen molar-refractivity contribution in [1.82, 2.24) is 0 Å². The summed E-state index contributed by atoms with van der Waals surface area (Å²) in [6, 6.07) is 3.06. The van der Waals surface area contributed by atoms with Gasteiger partial charge in [-0.1, -0.05) is 0 Å². The van der Waals surface area contributed by atoms with E-state index in [-0.39, 0.29) is 5.75 Å². The minimum absolute atomic E-state index is 0.289. The molecule has 0 saturated carbocycles. The van der Waals surface area contributed by atoms with E-state index in [0.29, 0.717) is 21.2 Å². The Hall–Kier alpha value is -1.31. The van der Waals surface area contributed by atoms with Crippen molar-refractivity contribution >= 4 is 35.0 Å². The summed E-state index contributed by atoms with van der Waals surface area (Å²) in [6.07, 6.45) is -0.121. The number of methoxy groups -OCH3 is 1. The average Bonchev–Trinajstić information content (AvgIpc) is 2.28. The molecule has 0 heterocycles. The molecule has 19 heavy (non-hydrogen) atoms. The lowest BCUT2D eigenvalue weighted by molar-refractivity contribution is 0.0204.